The van der Waals surface area contributed by atoms with Gasteiger partial charge in [-0.15, -0.1) is 0 Å². The Kier molecular flexibility index (Phi) is 7.61. The number of H-pyrrole nitrogens is 2. The van der Waals surface area contributed by atoms with Gasteiger partial charge in [0.2, 0.25) is 0 Å². The quantitative estimate of drug-likeness (QED) is 0.181. The van der Waals surface area contributed by atoms with Gasteiger partial charge in [0.1, 0.15) is 23.9 Å². The Balaban J connectivity index is 1.21. The molecular weight excluding hydrogens is 585 g/mol. The van der Waals surface area contributed by atoms with E-state index in [9.17, 15) is 9.18 Å². The highest BCUT2D eigenvalue weighted by molar-refractivity contribution is 6.04. The molecule has 0 aliphatic carbocycles. The van der Waals surface area contributed by atoms with Crippen LogP contribution in [-0.4, -0.2) is 73.2 Å². The van der Waals surface area contributed by atoms with Gasteiger partial charge in [-0.05, 0) is 56.1 Å². The second-order valence-electron chi connectivity index (χ2n) is 11.0. The molecule has 0 aliphatic heterocycles. The van der Waals surface area contributed by atoms with Crippen LogP contribution >= 0.6 is 0 Å². The fourth-order valence-electron chi connectivity index (χ4n) is 5.10. The molecule has 5 aromatic heterocycles. The monoisotopic (exact) mass is 613 g/mol. The van der Waals surface area contributed by atoms with Crippen LogP contribution in [0, 0.1) is 5.82 Å². The third kappa shape index (κ3) is 5.88. The molecule has 7 aromatic rings. The molecule has 0 saturated carbocycles. The Bertz CT molecular complexity index is 2190. The second kappa shape index (κ2) is 12.2. The first kappa shape index (κ1) is 28.7. The average Bonchev–Trinajstić information content (AvgIpc) is 3.69. The van der Waals surface area contributed by atoms with E-state index in [1.807, 2.05) is 49.3 Å². The first-order valence-electron chi connectivity index (χ1n) is 14.5. The highest BCUT2D eigenvalue weighted by atomic mass is 19.1. The number of nitrogens with zero attached hydrogens (tertiary/aromatic N) is 6. The van der Waals surface area contributed by atoms with Gasteiger partial charge in [-0.2, -0.15) is 5.10 Å². The van der Waals surface area contributed by atoms with Gasteiger partial charge in [0.15, 0.2) is 5.82 Å². The summed E-state index contributed by atoms with van der Waals surface area (Å²) in [5.74, 6) is 0.293. The largest absolute Gasteiger partial charge is 0.492 e. The lowest BCUT2D eigenvalue weighted by Gasteiger charge is -2.12. The number of pyridine rings is 3. The Hall–Kier alpha value is -6.01. The number of aromatic nitrogens is 7. The average molecular weight is 614 g/mol. The van der Waals surface area contributed by atoms with Crippen LogP contribution in [-0.2, 0) is 0 Å². The molecule has 0 atom stereocenters. The topological polar surface area (TPSA) is 138 Å². The van der Waals surface area contributed by atoms with E-state index in [0.717, 1.165) is 5.39 Å². The van der Waals surface area contributed by atoms with Gasteiger partial charge in [-0.1, -0.05) is 18.2 Å². The number of aromatic amines is 2. The van der Waals surface area contributed by atoms with Crippen molar-refractivity contribution >= 4 is 33.5 Å². The zero-order valence-corrected chi connectivity index (χ0v) is 25.0. The van der Waals surface area contributed by atoms with Crippen LogP contribution < -0.4 is 10.1 Å². The third-order valence-electron chi connectivity index (χ3n) is 7.38. The minimum absolute atomic E-state index is 0.231. The summed E-state index contributed by atoms with van der Waals surface area (Å²) in [6.07, 6.45) is 8.29. The van der Waals surface area contributed by atoms with Crippen LogP contribution in [0.5, 0.6) is 5.75 Å². The van der Waals surface area contributed by atoms with Crippen molar-refractivity contribution in [1.82, 2.24) is 40.0 Å². The van der Waals surface area contributed by atoms with Gasteiger partial charge in [-0.3, -0.25) is 24.8 Å². The van der Waals surface area contributed by atoms with Crippen molar-refractivity contribution in [1.29, 1.82) is 0 Å². The van der Waals surface area contributed by atoms with Gasteiger partial charge in [0, 0.05) is 47.1 Å². The number of likely N-dealkylation sites (N-methyl/N-ethyl adjacent to an activating group) is 1. The Morgan fingerprint density at radius 3 is 2.63 bits per heavy atom. The van der Waals surface area contributed by atoms with Crippen molar-refractivity contribution in [2.75, 3.05) is 32.6 Å². The summed E-state index contributed by atoms with van der Waals surface area (Å²) in [4.78, 5) is 36.2. The zero-order valence-electron chi connectivity index (χ0n) is 25.0. The summed E-state index contributed by atoms with van der Waals surface area (Å²) in [6.45, 7) is 1.13. The minimum Gasteiger partial charge on any atom is -0.492 e. The third-order valence-corrected chi connectivity index (χ3v) is 7.38. The van der Waals surface area contributed by atoms with Crippen molar-refractivity contribution in [3.05, 3.63) is 103 Å². The maximum Gasteiger partial charge on any atom is 0.255 e. The normalized spacial score (nSPS) is 11.4. The number of rotatable bonds is 9. The summed E-state index contributed by atoms with van der Waals surface area (Å²) in [5.41, 5.74) is 6.27. The molecule has 2 aromatic carbocycles. The predicted molar refractivity (Wildman–Crippen MR) is 174 cm³/mol. The van der Waals surface area contributed by atoms with Gasteiger partial charge in [0.05, 0.1) is 46.5 Å². The van der Waals surface area contributed by atoms with E-state index in [4.69, 9.17) is 9.72 Å². The molecule has 228 valence electrons. The molecule has 5 heterocycles. The van der Waals surface area contributed by atoms with Crippen molar-refractivity contribution in [2.45, 2.75) is 0 Å². The Morgan fingerprint density at radius 1 is 0.935 bits per heavy atom. The molecule has 0 radical (unpaired) electrons. The summed E-state index contributed by atoms with van der Waals surface area (Å²) in [5, 5.41) is 11.2. The Morgan fingerprint density at radius 2 is 1.78 bits per heavy atom. The second-order valence-corrected chi connectivity index (χ2v) is 11.0. The van der Waals surface area contributed by atoms with E-state index in [2.05, 4.69) is 35.5 Å². The number of anilines is 1. The fraction of sp³-hybridized carbons (Fsp3) is 0.118. The van der Waals surface area contributed by atoms with E-state index >= 15 is 0 Å². The number of carbonyl (C=O) groups is 1. The number of carbonyl (C=O) groups excluding carboxylic acids is 1. The first-order valence-corrected chi connectivity index (χ1v) is 14.5. The van der Waals surface area contributed by atoms with Gasteiger partial charge in [-0.25, -0.2) is 9.37 Å². The van der Waals surface area contributed by atoms with Crippen LogP contribution in [0.15, 0.2) is 91.6 Å². The molecule has 3 N–H and O–H groups in total. The molecule has 11 nitrogen and oxygen atoms in total. The van der Waals surface area contributed by atoms with Gasteiger partial charge in [0.25, 0.3) is 5.91 Å². The zero-order chi connectivity index (χ0) is 31.6. The number of ether oxygens (including phenoxy) is 1. The van der Waals surface area contributed by atoms with Crippen molar-refractivity contribution in [3.8, 4) is 39.7 Å². The van der Waals surface area contributed by atoms with Crippen molar-refractivity contribution < 1.29 is 13.9 Å². The maximum absolute atomic E-state index is 14.7. The summed E-state index contributed by atoms with van der Waals surface area (Å²) >= 11 is 0. The predicted octanol–water partition coefficient (Wildman–Crippen LogP) is 5.96. The summed E-state index contributed by atoms with van der Waals surface area (Å²) < 4.78 is 20.5. The minimum atomic E-state index is -0.415. The Labute approximate surface area is 262 Å². The summed E-state index contributed by atoms with van der Waals surface area (Å²) in [7, 11) is 3.90. The van der Waals surface area contributed by atoms with Crippen LogP contribution in [0.2, 0.25) is 0 Å². The van der Waals surface area contributed by atoms with Crippen molar-refractivity contribution in [3.63, 3.8) is 0 Å². The van der Waals surface area contributed by atoms with E-state index in [1.54, 1.807) is 49.2 Å². The van der Waals surface area contributed by atoms with E-state index in [0.29, 0.717) is 80.6 Å². The van der Waals surface area contributed by atoms with Crippen LogP contribution in [0.4, 0.5) is 10.1 Å². The molecule has 12 heteroatoms. The van der Waals surface area contributed by atoms with E-state index in [1.165, 1.54) is 12.1 Å². The smallest absolute Gasteiger partial charge is 0.255 e. The van der Waals surface area contributed by atoms with E-state index < -0.39 is 5.82 Å². The van der Waals surface area contributed by atoms with Crippen LogP contribution in [0.25, 0.3) is 55.8 Å². The molecule has 0 fully saturated rings. The van der Waals surface area contributed by atoms with Crippen LogP contribution in [0.1, 0.15) is 10.4 Å². The molecule has 46 heavy (non-hydrogen) atoms. The lowest BCUT2D eigenvalue weighted by molar-refractivity contribution is 0.102. The SMILES string of the molecule is CN(C)CCOc1cc(F)cc(-c2cncc3[nH]c(-c4n[nH]c5cnc(-c6cncc(NC(=O)c7ccccc7)c6)cc45)nc23)c1. The van der Waals surface area contributed by atoms with E-state index in [-0.39, 0.29) is 5.91 Å². The van der Waals surface area contributed by atoms with Gasteiger partial charge >= 0.3 is 0 Å². The number of amides is 1. The number of halogens is 1. The highest BCUT2D eigenvalue weighted by Crippen LogP contribution is 2.34. The maximum atomic E-state index is 14.7. The van der Waals surface area contributed by atoms with Crippen LogP contribution in [0.3, 0.4) is 0 Å². The van der Waals surface area contributed by atoms with Gasteiger partial charge < -0.3 is 19.9 Å². The molecule has 0 bridgehead atoms. The first-order chi connectivity index (χ1) is 22.4. The molecule has 1 amide bonds. The standard InChI is InChI=1S/C34H28FN9O2/c1-44(2)8-9-46-25-12-21(10-23(35)13-25)27-17-37-18-30-31(27)41-33(40-30)32-26-14-28(38-19-29(26)42-43-32)22-11-24(16-36-15-22)39-34(45)20-6-4-3-5-7-20/h3-7,10-19H,8-9H2,1-2H3,(H,39,45)(H,40,41)(H,42,43). The molecule has 0 spiro atoms. The highest BCUT2D eigenvalue weighted by Gasteiger charge is 2.18. The number of hydrogen-bond donors (Lipinski definition) is 3. The molecule has 0 saturated heterocycles. The molecule has 0 aliphatic rings. The fourth-order valence-corrected chi connectivity index (χ4v) is 5.10. The summed E-state index contributed by atoms with van der Waals surface area (Å²) in [6, 6.07) is 17.3. The lowest BCUT2D eigenvalue weighted by Crippen LogP contribution is -2.19. The molecule has 0 unspecified atom stereocenters. The number of hydrogen-bond acceptors (Lipinski definition) is 8. The number of imidazole rings is 1. The molecule has 7 rings (SSSR count). The molecular formula is C34H28FN9O2. The van der Waals surface area contributed by atoms with Crippen molar-refractivity contribution in [2.24, 2.45) is 0 Å². The number of nitrogens with one attached hydrogen (secondary N) is 3. The number of fused-ring (bicyclic) bond motifs is 2. The lowest BCUT2D eigenvalue weighted by atomic mass is 10.1. The number of benzene rings is 2.